The van der Waals surface area contributed by atoms with E-state index in [9.17, 15) is 14.4 Å². The van der Waals surface area contributed by atoms with Crippen LogP contribution in [0.3, 0.4) is 0 Å². The maximum atomic E-state index is 14.5. The van der Waals surface area contributed by atoms with E-state index in [1.807, 2.05) is 49.4 Å². The molecule has 0 radical (unpaired) electrons. The molecule has 0 spiro atoms. The quantitative estimate of drug-likeness (QED) is 0.639. The average Bonchev–Trinajstić information content (AvgIpc) is 3.22. The second-order valence-corrected chi connectivity index (χ2v) is 6.68. The number of benzene rings is 2. The van der Waals surface area contributed by atoms with E-state index < -0.39 is 11.7 Å². The molecule has 2 aromatic carbocycles. The predicted molar refractivity (Wildman–Crippen MR) is 104 cm³/mol. The lowest BCUT2D eigenvalue weighted by molar-refractivity contribution is -0.117. The number of nitriles is 1. The van der Waals surface area contributed by atoms with Gasteiger partial charge in [0.2, 0.25) is 0 Å². The van der Waals surface area contributed by atoms with E-state index >= 15 is 0 Å². The summed E-state index contributed by atoms with van der Waals surface area (Å²) in [6.07, 6.45) is 3.53. The van der Waals surface area contributed by atoms with Crippen molar-refractivity contribution in [1.82, 2.24) is 5.32 Å². The van der Waals surface area contributed by atoms with Crippen LogP contribution < -0.4 is 10.2 Å². The zero-order chi connectivity index (χ0) is 19.2. The second kappa shape index (κ2) is 8.50. The van der Waals surface area contributed by atoms with Crippen molar-refractivity contribution in [3.05, 3.63) is 71.0 Å². The molecule has 1 aliphatic rings. The van der Waals surface area contributed by atoms with E-state index in [-0.39, 0.29) is 17.2 Å². The Kier molecular flexibility index (Phi) is 5.87. The summed E-state index contributed by atoms with van der Waals surface area (Å²) in [4.78, 5) is 14.6. The molecule has 1 amide bonds. The number of anilines is 1. The van der Waals surface area contributed by atoms with Crippen molar-refractivity contribution in [3.8, 4) is 6.07 Å². The Labute approximate surface area is 158 Å². The first-order valence-corrected chi connectivity index (χ1v) is 9.10. The Morgan fingerprint density at radius 1 is 1.22 bits per heavy atom. The van der Waals surface area contributed by atoms with Crippen molar-refractivity contribution in [2.45, 2.75) is 25.8 Å². The normalized spacial score (nSPS) is 15.3. The van der Waals surface area contributed by atoms with Crippen LogP contribution in [0.5, 0.6) is 0 Å². The van der Waals surface area contributed by atoms with Crippen LogP contribution in [-0.2, 0) is 4.79 Å². The highest BCUT2D eigenvalue weighted by Crippen LogP contribution is 2.24. The molecule has 0 aliphatic carbocycles. The summed E-state index contributed by atoms with van der Waals surface area (Å²) >= 11 is 0. The van der Waals surface area contributed by atoms with Gasteiger partial charge in [0.1, 0.15) is 17.5 Å². The van der Waals surface area contributed by atoms with Gasteiger partial charge in [-0.25, -0.2) is 4.39 Å². The molecular weight excluding hydrogens is 341 g/mol. The fourth-order valence-electron chi connectivity index (χ4n) is 3.21. The Morgan fingerprint density at radius 2 is 1.93 bits per heavy atom. The van der Waals surface area contributed by atoms with Crippen LogP contribution in [0.15, 0.2) is 54.1 Å². The highest BCUT2D eigenvalue weighted by atomic mass is 19.1. The minimum absolute atomic E-state index is 0.120. The molecule has 0 bridgehead atoms. The molecule has 1 saturated heterocycles. The molecule has 5 heteroatoms. The summed E-state index contributed by atoms with van der Waals surface area (Å²) in [6, 6.07) is 16.0. The van der Waals surface area contributed by atoms with Crippen LogP contribution in [0, 0.1) is 17.1 Å². The number of rotatable bonds is 5. The number of hydrogen-bond donors (Lipinski definition) is 1. The maximum absolute atomic E-state index is 14.5. The van der Waals surface area contributed by atoms with Crippen LogP contribution in [0.25, 0.3) is 6.08 Å². The third-order valence-electron chi connectivity index (χ3n) is 4.77. The molecular formula is C22H22FN3O. The number of nitrogens with zero attached hydrogens (tertiary/aromatic N) is 2. The van der Waals surface area contributed by atoms with Crippen LogP contribution in [0.2, 0.25) is 0 Å². The molecule has 1 N–H and O–H groups in total. The molecule has 1 aliphatic heterocycles. The van der Waals surface area contributed by atoms with Gasteiger partial charge in [-0.05, 0) is 49.6 Å². The van der Waals surface area contributed by atoms with Crippen LogP contribution in [-0.4, -0.2) is 19.0 Å². The lowest BCUT2D eigenvalue weighted by atomic mass is 10.1. The fourth-order valence-corrected chi connectivity index (χ4v) is 3.21. The van der Waals surface area contributed by atoms with Crippen LogP contribution in [0.4, 0.5) is 10.1 Å². The first kappa shape index (κ1) is 18.7. The molecule has 0 unspecified atom stereocenters. The van der Waals surface area contributed by atoms with Gasteiger partial charge in [-0.3, -0.25) is 4.79 Å². The summed E-state index contributed by atoms with van der Waals surface area (Å²) in [5, 5.41) is 12.1. The van der Waals surface area contributed by atoms with Crippen LogP contribution >= 0.6 is 0 Å². The molecule has 1 fully saturated rings. The van der Waals surface area contributed by atoms with Gasteiger partial charge in [0.25, 0.3) is 5.91 Å². The lowest BCUT2D eigenvalue weighted by Crippen LogP contribution is -2.27. The van der Waals surface area contributed by atoms with E-state index in [1.165, 1.54) is 12.1 Å². The van der Waals surface area contributed by atoms with E-state index in [4.69, 9.17) is 0 Å². The summed E-state index contributed by atoms with van der Waals surface area (Å²) in [5.41, 5.74) is 1.88. The summed E-state index contributed by atoms with van der Waals surface area (Å²) in [5.74, 6) is -0.951. The Hall–Kier alpha value is -3.13. The fraction of sp³-hybridized carbons (Fsp3) is 0.273. The summed E-state index contributed by atoms with van der Waals surface area (Å²) < 4.78 is 14.5. The monoisotopic (exact) mass is 363 g/mol. The number of nitrogens with one attached hydrogen (secondary N) is 1. The minimum atomic E-state index is -0.517. The molecule has 4 nitrogen and oxygen atoms in total. The first-order chi connectivity index (χ1) is 13.1. The molecule has 0 aromatic heterocycles. The van der Waals surface area contributed by atoms with E-state index in [0.717, 1.165) is 37.2 Å². The molecule has 138 valence electrons. The third kappa shape index (κ3) is 4.53. The number of carbonyl (C=O) groups is 1. The third-order valence-corrected chi connectivity index (χ3v) is 4.77. The number of carbonyl (C=O) groups excluding carboxylic acids is 1. The van der Waals surface area contributed by atoms with Crippen molar-refractivity contribution < 1.29 is 9.18 Å². The zero-order valence-corrected chi connectivity index (χ0v) is 15.3. The van der Waals surface area contributed by atoms with Crippen molar-refractivity contribution in [2.24, 2.45) is 0 Å². The molecule has 3 rings (SSSR count). The molecule has 1 heterocycles. The zero-order valence-electron chi connectivity index (χ0n) is 15.3. The standard InChI is InChI=1S/C22H22FN3O/c1-16(17-7-3-2-4-8-17)25-22(27)19(15-24)13-18-9-10-20(14-21(18)23)26-11-5-6-12-26/h2-4,7-10,13-14,16H,5-6,11-12H2,1H3,(H,25,27)/b19-13-/t16-/m1/s1. The van der Waals surface area contributed by atoms with Gasteiger partial charge in [0.15, 0.2) is 0 Å². The lowest BCUT2D eigenvalue weighted by Gasteiger charge is -2.18. The first-order valence-electron chi connectivity index (χ1n) is 9.10. The Morgan fingerprint density at radius 3 is 2.56 bits per heavy atom. The number of hydrogen-bond acceptors (Lipinski definition) is 3. The van der Waals surface area contributed by atoms with E-state index in [1.54, 1.807) is 6.07 Å². The predicted octanol–water partition coefficient (Wildman–Crippen LogP) is 4.21. The van der Waals surface area contributed by atoms with Gasteiger partial charge in [-0.1, -0.05) is 30.3 Å². The van der Waals surface area contributed by atoms with Gasteiger partial charge < -0.3 is 10.2 Å². The van der Waals surface area contributed by atoms with Gasteiger partial charge in [0.05, 0.1) is 6.04 Å². The highest BCUT2D eigenvalue weighted by molar-refractivity contribution is 6.01. The molecule has 2 aromatic rings. The van der Waals surface area contributed by atoms with Gasteiger partial charge in [0, 0.05) is 24.3 Å². The summed E-state index contributed by atoms with van der Waals surface area (Å²) in [7, 11) is 0. The average molecular weight is 363 g/mol. The second-order valence-electron chi connectivity index (χ2n) is 6.68. The Balaban J connectivity index is 1.75. The van der Waals surface area contributed by atoms with Gasteiger partial charge in [-0.2, -0.15) is 5.26 Å². The molecule has 0 saturated carbocycles. The smallest absolute Gasteiger partial charge is 0.262 e. The minimum Gasteiger partial charge on any atom is -0.371 e. The maximum Gasteiger partial charge on any atom is 0.262 e. The molecule has 1 atom stereocenters. The topological polar surface area (TPSA) is 56.1 Å². The van der Waals surface area contributed by atoms with Gasteiger partial charge in [-0.15, -0.1) is 0 Å². The van der Waals surface area contributed by atoms with Crippen molar-refractivity contribution in [1.29, 1.82) is 5.26 Å². The number of halogens is 1. The van der Waals surface area contributed by atoms with Crippen molar-refractivity contribution in [2.75, 3.05) is 18.0 Å². The Bertz CT molecular complexity index is 880. The van der Waals surface area contributed by atoms with E-state index in [2.05, 4.69) is 10.2 Å². The number of amides is 1. The SMILES string of the molecule is C[C@@H](NC(=O)/C(C#N)=C\c1ccc(N2CCCC2)cc1F)c1ccccc1. The molecule has 27 heavy (non-hydrogen) atoms. The van der Waals surface area contributed by atoms with E-state index in [0.29, 0.717) is 0 Å². The van der Waals surface area contributed by atoms with Crippen LogP contribution in [0.1, 0.15) is 36.9 Å². The van der Waals surface area contributed by atoms with Gasteiger partial charge >= 0.3 is 0 Å². The van der Waals surface area contributed by atoms with Crippen molar-refractivity contribution in [3.63, 3.8) is 0 Å². The van der Waals surface area contributed by atoms with Crippen molar-refractivity contribution >= 4 is 17.7 Å². The highest BCUT2D eigenvalue weighted by Gasteiger charge is 2.16. The summed E-state index contributed by atoms with van der Waals surface area (Å²) in [6.45, 7) is 3.70. The largest absolute Gasteiger partial charge is 0.371 e.